The monoisotopic (exact) mass is 375 g/mol. The molecule has 1 rings (SSSR count). The molecule has 0 unspecified atom stereocenters. The fourth-order valence-electron chi connectivity index (χ4n) is 3.18. The molecular formula is C19H37NO3Ti. The molecular weight excluding hydrogens is 338 g/mol. The zero-order chi connectivity index (χ0) is 19.1. The van der Waals surface area contributed by atoms with Gasteiger partial charge in [0.2, 0.25) is 0 Å². The third-order valence-corrected chi connectivity index (χ3v) is 8.33. The molecule has 0 aliphatic carbocycles. The van der Waals surface area contributed by atoms with Gasteiger partial charge in [0.25, 0.3) is 0 Å². The Balaban J connectivity index is 4.06. The van der Waals surface area contributed by atoms with E-state index in [1.165, 1.54) is 17.0 Å². The molecule has 0 aliphatic rings. The summed E-state index contributed by atoms with van der Waals surface area (Å²) in [7, 11) is 5.09. The van der Waals surface area contributed by atoms with Gasteiger partial charge in [-0.05, 0) is 0 Å². The molecule has 0 aromatic carbocycles. The van der Waals surface area contributed by atoms with Gasteiger partial charge >= 0.3 is 154 Å². The van der Waals surface area contributed by atoms with Gasteiger partial charge in [-0.1, -0.05) is 0 Å². The maximum absolute atomic E-state index is 5.93. The molecule has 1 aromatic heterocycles. The molecule has 0 saturated carbocycles. The summed E-state index contributed by atoms with van der Waals surface area (Å²) in [5, 5.41) is 0. The predicted octanol–water partition coefficient (Wildman–Crippen LogP) is 4.98. The summed E-state index contributed by atoms with van der Waals surface area (Å²) in [4.78, 5) is 0. The van der Waals surface area contributed by atoms with Crippen LogP contribution in [0.2, 0.25) is 0 Å². The molecule has 0 N–H and O–H groups in total. The van der Waals surface area contributed by atoms with Crippen molar-refractivity contribution >= 4 is 0 Å². The van der Waals surface area contributed by atoms with Crippen LogP contribution < -0.4 is 0 Å². The third kappa shape index (κ3) is 3.99. The molecule has 0 bridgehead atoms. The second kappa shape index (κ2) is 6.88. The van der Waals surface area contributed by atoms with Gasteiger partial charge in [-0.3, -0.25) is 0 Å². The van der Waals surface area contributed by atoms with Crippen molar-refractivity contribution in [1.29, 1.82) is 0 Å². The summed E-state index contributed by atoms with van der Waals surface area (Å²) >= 11 is -3.66. The first-order chi connectivity index (χ1) is 10.7. The molecule has 0 amide bonds. The van der Waals surface area contributed by atoms with Crippen LogP contribution in [-0.2, 0) is 44.2 Å². The van der Waals surface area contributed by atoms with Crippen LogP contribution in [0.3, 0.4) is 0 Å². The van der Waals surface area contributed by atoms with Gasteiger partial charge in [0.05, 0.1) is 0 Å². The van der Waals surface area contributed by atoms with E-state index in [4.69, 9.17) is 9.96 Å². The van der Waals surface area contributed by atoms with Gasteiger partial charge in [-0.2, -0.15) is 0 Å². The molecule has 1 aromatic rings. The van der Waals surface area contributed by atoms with E-state index in [-0.39, 0.29) is 16.2 Å². The standard InChI is InChI=1S/C16H28N.3CH3O.Ti/c1-14(2,3)11-10-12(15(4,5)6)17-13(11)16(7,8)9;3*1-2;/h10H,1-9H3;3*1H3;/q4*-1;+4. The summed E-state index contributed by atoms with van der Waals surface area (Å²) in [6, 6.07) is 2.33. The van der Waals surface area contributed by atoms with Crippen molar-refractivity contribution in [3.63, 3.8) is 0 Å². The van der Waals surface area contributed by atoms with E-state index < -0.39 is 18.0 Å². The van der Waals surface area contributed by atoms with Gasteiger partial charge in [0.15, 0.2) is 0 Å². The van der Waals surface area contributed by atoms with E-state index in [1.54, 1.807) is 21.3 Å². The summed E-state index contributed by atoms with van der Waals surface area (Å²) in [5.41, 5.74) is 3.72. The molecule has 4 nitrogen and oxygen atoms in total. The Morgan fingerprint density at radius 3 is 1.38 bits per heavy atom. The molecule has 0 atom stereocenters. The Kier molecular flexibility index (Phi) is 6.29. The molecule has 0 aliphatic heterocycles. The molecule has 0 spiro atoms. The average Bonchev–Trinajstić information content (AvgIpc) is 2.82. The number of nitrogens with zero attached hydrogens (tertiary/aromatic N) is 1. The van der Waals surface area contributed by atoms with E-state index >= 15 is 0 Å². The minimum absolute atomic E-state index is 0.0249. The van der Waals surface area contributed by atoms with Crippen LogP contribution >= 0.6 is 0 Å². The Morgan fingerprint density at radius 1 is 0.708 bits per heavy atom. The van der Waals surface area contributed by atoms with Crippen molar-refractivity contribution < 1.29 is 28.0 Å². The van der Waals surface area contributed by atoms with Crippen LogP contribution in [-0.4, -0.2) is 24.4 Å². The second-order valence-corrected chi connectivity index (χ2v) is 13.8. The number of aromatic nitrogens is 1. The number of hydrogen-bond donors (Lipinski definition) is 0. The Hall–Kier alpha value is -0.126. The SMILES string of the molecule is C[O][Ti]([O]C)([O]C)[n]1c(C(C)(C)C)cc(C(C)(C)C)c1C(C)(C)C. The van der Waals surface area contributed by atoms with Gasteiger partial charge in [0.1, 0.15) is 0 Å². The first kappa shape index (κ1) is 21.9. The summed E-state index contributed by atoms with van der Waals surface area (Å²) < 4.78 is 20.1. The van der Waals surface area contributed by atoms with E-state index in [2.05, 4.69) is 71.4 Å². The fraction of sp³-hybridized carbons (Fsp3) is 0.789. The van der Waals surface area contributed by atoms with Crippen LogP contribution in [0.4, 0.5) is 0 Å². The first-order valence-corrected chi connectivity index (χ1v) is 11.2. The quantitative estimate of drug-likeness (QED) is 0.696. The average molecular weight is 375 g/mol. The van der Waals surface area contributed by atoms with Gasteiger partial charge in [0, 0.05) is 0 Å². The van der Waals surface area contributed by atoms with Crippen LogP contribution in [0.1, 0.15) is 79.3 Å². The van der Waals surface area contributed by atoms with Crippen molar-refractivity contribution in [2.75, 3.05) is 21.3 Å². The van der Waals surface area contributed by atoms with Gasteiger partial charge in [-0.25, -0.2) is 0 Å². The maximum atomic E-state index is 5.93. The number of hydrogen-bond acceptors (Lipinski definition) is 3. The minimum atomic E-state index is -3.66. The Bertz CT molecular complexity index is 559. The topological polar surface area (TPSA) is 32.6 Å². The molecule has 24 heavy (non-hydrogen) atoms. The predicted molar refractivity (Wildman–Crippen MR) is 97.0 cm³/mol. The Morgan fingerprint density at radius 2 is 1.12 bits per heavy atom. The summed E-state index contributed by atoms with van der Waals surface area (Å²) in [5.74, 6) is 0. The second-order valence-electron chi connectivity index (χ2n) is 9.51. The van der Waals surface area contributed by atoms with Gasteiger partial charge in [-0.15, -0.1) is 0 Å². The summed E-state index contributed by atoms with van der Waals surface area (Å²) in [6.45, 7) is 20.2. The van der Waals surface area contributed by atoms with Crippen molar-refractivity contribution in [1.82, 2.24) is 3.05 Å². The molecule has 0 radical (unpaired) electrons. The van der Waals surface area contributed by atoms with Crippen LogP contribution in [0.15, 0.2) is 6.07 Å². The fourth-order valence-corrected chi connectivity index (χ4v) is 7.04. The third-order valence-electron chi connectivity index (χ3n) is 4.34. The van der Waals surface area contributed by atoms with Crippen molar-refractivity contribution in [2.24, 2.45) is 0 Å². The van der Waals surface area contributed by atoms with E-state index in [0.29, 0.717) is 0 Å². The van der Waals surface area contributed by atoms with Crippen molar-refractivity contribution in [3.05, 3.63) is 23.0 Å². The normalized spacial score (nSPS) is 14.3. The van der Waals surface area contributed by atoms with E-state index in [0.717, 1.165) is 0 Å². The molecule has 1 heterocycles. The molecule has 5 heteroatoms. The number of rotatable bonds is 4. The van der Waals surface area contributed by atoms with E-state index in [1.807, 2.05) is 0 Å². The van der Waals surface area contributed by atoms with Crippen LogP contribution in [0.5, 0.6) is 0 Å². The van der Waals surface area contributed by atoms with Crippen molar-refractivity contribution in [3.8, 4) is 0 Å². The zero-order valence-corrected chi connectivity index (χ0v) is 19.3. The zero-order valence-electron chi connectivity index (χ0n) is 17.7. The van der Waals surface area contributed by atoms with Crippen LogP contribution in [0, 0.1) is 0 Å². The summed E-state index contributed by atoms with van der Waals surface area (Å²) in [6.07, 6.45) is 0. The van der Waals surface area contributed by atoms with Crippen molar-refractivity contribution in [2.45, 2.75) is 78.6 Å². The first-order valence-electron chi connectivity index (χ1n) is 8.59. The molecule has 0 saturated heterocycles. The molecule has 140 valence electrons. The Labute approximate surface area is 154 Å². The molecule has 0 fully saturated rings. The van der Waals surface area contributed by atoms with E-state index in [9.17, 15) is 0 Å². The van der Waals surface area contributed by atoms with Gasteiger partial charge < -0.3 is 0 Å². The van der Waals surface area contributed by atoms with Crippen LogP contribution in [0.25, 0.3) is 0 Å².